The van der Waals surface area contributed by atoms with E-state index in [0.717, 1.165) is 13.5 Å². The summed E-state index contributed by atoms with van der Waals surface area (Å²) in [5.41, 5.74) is 0.566. The average Bonchev–Trinajstić information content (AvgIpc) is 3.05. The molecule has 1 aromatic carbocycles. The number of nitrogens with one attached hydrogen (secondary N) is 1. The van der Waals surface area contributed by atoms with Crippen LogP contribution in [0.3, 0.4) is 0 Å². The summed E-state index contributed by atoms with van der Waals surface area (Å²) in [7, 11) is 3.01. The van der Waals surface area contributed by atoms with Crippen LogP contribution in [-0.2, 0) is 25.4 Å². The van der Waals surface area contributed by atoms with Crippen molar-refractivity contribution in [3.63, 3.8) is 0 Å². The number of halogens is 2. The Morgan fingerprint density at radius 2 is 1.93 bits per heavy atom. The highest BCUT2D eigenvalue weighted by Crippen LogP contribution is 2.26. The third kappa shape index (κ3) is 3.91. The molecular weight excluding hydrogens is 482 g/mol. The number of imidazole rings is 1. The summed E-state index contributed by atoms with van der Waals surface area (Å²) >= 11 is 6.77. The van der Waals surface area contributed by atoms with Gasteiger partial charge in [0.05, 0.1) is 12.0 Å². The van der Waals surface area contributed by atoms with Crippen LogP contribution >= 0.6 is 31.9 Å². The fraction of sp³-hybridized carbons (Fsp3) is 0.294. The summed E-state index contributed by atoms with van der Waals surface area (Å²) in [5.74, 6) is -0.126. The topological polar surface area (TPSA) is 90.9 Å². The van der Waals surface area contributed by atoms with Crippen molar-refractivity contribution in [2.75, 3.05) is 5.32 Å². The Morgan fingerprint density at radius 3 is 2.67 bits per heavy atom. The Kier molecular flexibility index (Phi) is 5.66. The lowest BCUT2D eigenvalue weighted by molar-refractivity contribution is -0.116. The molecule has 0 aliphatic carbocycles. The predicted molar refractivity (Wildman–Crippen MR) is 110 cm³/mol. The molecule has 2 heterocycles. The summed E-state index contributed by atoms with van der Waals surface area (Å²) in [5, 5.41) is 2.85. The van der Waals surface area contributed by atoms with Gasteiger partial charge in [0.25, 0.3) is 5.56 Å². The van der Waals surface area contributed by atoms with E-state index >= 15 is 0 Å². The second kappa shape index (κ2) is 7.81. The normalized spacial score (nSPS) is 11.1. The van der Waals surface area contributed by atoms with Gasteiger partial charge in [-0.1, -0.05) is 15.9 Å². The monoisotopic (exact) mass is 497 g/mol. The minimum atomic E-state index is -0.420. The highest BCUT2D eigenvalue weighted by atomic mass is 79.9. The van der Waals surface area contributed by atoms with Gasteiger partial charge in [-0.25, -0.2) is 9.78 Å². The number of rotatable bonds is 5. The molecule has 0 aliphatic heterocycles. The molecule has 0 saturated carbocycles. The first kappa shape index (κ1) is 19.6. The van der Waals surface area contributed by atoms with E-state index in [1.807, 2.05) is 18.2 Å². The molecule has 0 bridgehead atoms. The Hall–Kier alpha value is -2.20. The predicted octanol–water partition coefficient (Wildman–Crippen LogP) is 2.38. The Morgan fingerprint density at radius 1 is 1.19 bits per heavy atom. The van der Waals surface area contributed by atoms with Crippen molar-refractivity contribution < 1.29 is 4.79 Å². The average molecular weight is 499 g/mol. The number of fused-ring (bicyclic) bond motifs is 1. The maximum Gasteiger partial charge on any atom is 0.332 e. The molecular formula is C17H17Br2N5O3. The molecule has 0 spiro atoms. The molecule has 3 aromatic rings. The van der Waals surface area contributed by atoms with Gasteiger partial charge in [0.15, 0.2) is 11.2 Å². The van der Waals surface area contributed by atoms with Gasteiger partial charge in [0.1, 0.15) is 0 Å². The van der Waals surface area contributed by atoms with Crippen molar-refractivity contribution in [3.05, 3.63) is 54.3 Å². The Balaban J connectivity index is 1.71. The van der Waals surface area contributed by atoms with Gasteiger partial charge in [-0.3, -0.25) is 18.7 Å². The van der Waals surface area contributed by atoms with Gasteiger partial charge >= 0.3 is 5.69 Å². The van der Waals surface area contributed by atoms with E-state index < -0.39 is 11.2 Å². The van der Waals surface area contributed by atoms with Gasteiger partial charge in [-0.05, 0) is 40.5 Å². The van der Waals surface area contributed by atoms with Crippen LogP contribution in [0.1, 0.15) is 12.8 Å². The summed E-state index contributed by atoms with van der Waals surface area (Å²) in [6, 6.07) is 5.53. The lowest BCUT2D eigenvalue weighted by Crippen LogP contribution is -2.37. The molecule has 0 saturated heterocycles. The molecule has 27 heavy (non-hydrogen) atoms. The zero-order chi connectivity index (χ0) is 19.7. The van der Waals surface area contributed by atoms with Crippen molar-refractivity contribution in [3.8, 4) is 0 Å². The first-order valence-corrected chi connectivity index (χ1v) is 9.74. The van der Waals surface area contributed by atoms with E-state index in [1.165, 1.54) is 17.9 Å². The molecule has 0 radical (unpaired) electrons. The number of hydrogen-bond acceptors (Lipinski definition) is 4. The first-order valence-electron chi connectivity index (χ1n) is 8.15. The van der Waals surface area contributed by atoms with E-state index in [9.17, 15) is 14.4 Å². The fourth-order valence-electron chi connectivity index (χ4n) is 2.78. The van der Waals surface area contributed by atoms with Crippen LogP contribution in [0.5, 0.6) is 0 Å². The van der Waals surface area contributed by atoms with Gasteiger partial charge in [-0.15, -0.1) is 0 Å². The fourth-order valence-corrected chi connectivity index (χ4v) is 3.49. The molecule has 10 heteroatoms. The number of hydrogen-bond donors (Lipinski definition) is 1. The van der Waals surface area contributed by atoms with Crippen LogP contribution < -0.4 is 16.6 Å². The second-order valence-electron chi connectivity index (χ2n) is 6.09. The number of nitrogens with zero attached hydrogens (tertiary/aromatic N) is 4. The van der Waals surface area contributed by atoms with E-state index in [4.69, 9.17) is 0 Å². The number of anilines is 1. The lowest BCUT2D eigenvalue weighted by atomic mass is 10.2. The van der Waals surface area contributed by atoms with Crippen molar-refractivity contribution in [2.45, 2.75) is 19.4 Å². The minimum Gasteiger partial charge on any atom is -0.325 e. The van der Waals surface area contributed by atoms with Crippen molar-refractivity contribution in [1.82, 2.24) is 18.7 Å². The number of aromatic nitrogens is 4. The van der Waals surface area contributed by atoms with Crippen molar-refractivity contribution >= 4 is 54.6 Å². The van der Waals surface area contributed by atoms with E-state index in [1.54, 1.807) is 11.6 Å². The highest BCUT2D eigenvalue weighted by molar-refractivity contribution is 9.11. The zero-order valence-corrected chi connectivity index (χ0v) is 17.9. The third-order valence-electron chi connectivity index (χ3n) is 4.22. The van der Waals surface area contributed by atoms with Gasteiger partial charge < -0.3 is 9.88 Å². The zero-order valence-electron chi connectivity index (χ0n) is 14.7. The van der Waals surface area contributed by atoms with Crippen molar-refractivity contribution in [1.29, 1.82) is 0 Å². The quantitative estimate of drug-likeness (QED) is 0.584. The van der Waals surface area contributed by atoms with Gasteiger partial charge in [0, 0.05) is 36.0 Å². The molecule has 0 aliphatic rings. The van der Waals surface area contributed by atoms with Crippen LogP contribution in [-0.4, -0.2) is 24.6 Å². The number of carbonyl (C=O) groups is 1. The molecule has 0 atom stereocenters. The van der Waals surface area contributed by atoms with Gasteiger partial charge in [0.2, 0.25) is 5.91 Å². The minimum absolute atomic E-state index is 0.126. The lowest BCUT2D eigenvalue weighted by Gasteiger charge is -2.09. The molecule has 1 amide bonds. The summed E-state index contributed by atoms with van der Waals surface area (Å²) < 4.78 is 5.73. The number of benzene rings is 1. The maximum absolute atomic E-state index is 12.4. The maximum atomic E-state index is 12.4. The van der Waals surface area contributed by atoms with Gasteiger partial charge in [-0.2, -0.15) is 0 Å². The smallest absolute Gasteiger partial charge is 0.325 e. The van der Waals surface area contributed by atoms with Crippen LogP contribution in [0.15, 0.2) is 43.1 Å². The Labute approximate surface area is 171 Å². The number of aryl methyl sites for hydroxylation is 2. The summed E-state index contributed by atoms with van der Waals surface area (Å²) in [6.45, 7) is 0.441. The van der Waals surface area contributed by atoms with Crippen LogP contribution in [0.4, 0.5) is 5.69 Å². The largest absolute Gasteiger partial charge is 0.332 e. The van der Waals surface area contributed by atoms with E-state index in [2.05, 4.69) is 42.2 Å². The Bertz CT molecular complexity index is 1150. The molecule has 3 rings (SSSR count). The molecule has 0 fully saturated rings. The molecule has 142 valence electrons. The molecule has 2 aromatic heterocycles. The van der Waals surface area contributed by atoms with E-state index in [-0.39, 0.29) is 12.3 Å². The summed E-state index contributed by atoms with van der Waals surface area (Å²) in [6.07, 6.45) is 2.33. The molecule has 0 unspecified atom stereocenters. The molecule has 8 nitrogen and oxygen atoms in total. The second-order valence-corrected chi connectivity index (χ2v) is 7.86. The van der Waals surface area contributed by atoms with Crippen LogP contribution in [0, 0.1) is 0 Å². The van der Waals surface area contributed by atoms with Crippen molar-refractivity contribution in [2.24, 2.45) is 14.1 Å². The third-order valence-corrected chi connectivity index (χ3v) is 5.41. The van der Waals surface area contributed by atoms with Crippen LogP contribution in [0.25, 0.3) is 11.2 Å². The summed E-state index contributed by atoms with van der Waals surface area (Å²) in [4.78, 5) is 40.7. The number of amides is 1. The highest BCUT2D eigenvalue weighted by Gasteiger charge is 2.14. The first-order chi connectivity index (χ1) is 12.8. The van der Waals surface area contributed by atoms with Crippen LogP contribution in [0.2, 0.25) is 0 Å². The number of carbonyl (C=O) groups excluding carboxylic acids is 1. The SMILES string of the molecule is Cn1c(=O)c2c(ncn2CCCC(=O)Nc2cc(Br)ccc2Br)n(C)c1=O. The van der Waals surface area contributed by atoms with E-state index in [0.29, 0.717) is 29.8 Å². The standard InChI is InChI=1S/C17H17Br2N5O3/c1-22-15-14(16(26)23(2)17(22)27)24(9-20-15)7-3-4-13(25)21-12-8-10(18)5-6-11(12)19/h5-6,8-9H,3-4,7H2,1-2H3,(H,21,25). The molecule has 1 N–H and O–H groups in total.